The number of alkyl carbamates (subject to hydrolysis) is 1. The monoisotopic (exact) mass is 428 g/mol. The first-order chi connectivity index (χ1) is 15.1. The summed E-state index contributed by atoms with van der Waals surface area (Å²) in [5, 5.41) is 3.78. The van der Waals surface area contributed by atoms with Crippen LogP contribution in [0.5, 0.6) is 0 Å². The van der Waals surface area contributed by atoms with Crippen LogP contribution in [0.15, 0.2) is 24.5 Å². The van der Waals surface area contributed by atoms with Crippen LogP contribution in [-0.2, 0) is 20.8 Å². The van der Waals surface area contributed by atoms with Gasteiger partial charge in [0.2, 0.25) is 0 Å². The molecule has 2 fully saturated rings. The molecule has 2 atom stereocenters. The molecular weight excluding hydrogens is 396 g/mol. The van der Waals surface area contributed by atoms with E-state index >= 15 is 0 Å². The number of amides is 2. The van der Waals surface area contributed by atoms with E-state index in [1.165, 1.54) is 7.11 Å². The Balaban J connectivity index is 1.54. The molecule has 1 saturated carbocycles. The number of rotatable bonds is 8. The van der Waals surface area contributed by atoms with E-state index in [4.69, 9.17) is 4.74 Å². The van der Waals surface area contributed by atoms with Gasteiger partial charge in [-0.15, -0.1) is 0 Å². The van der Waals surface area contributed by atoms with Crippen LogP contribution in [0.25, 0.3) is 11.0 Å². The molecule has 8 heteroatoms. The van der Waals surface area contributed by atoms with Crippen molar-refractivity contribution in [2.45, 2.75) is 70.2 Å². The van der Waals surface area contributed by atoms with E-state index in [0.717, 1.165) is 55.1 Å². The van der Waals surface area contributed by atoms with Crippen LogP contribution < -0.4 is 5.32 Å². The Kier molecular flexibility index (Phi) is 6.75. The third-order valence-electron chi connectivity index (χ3n) is 6.21. The average molecular weight is 429 g/mol. The first kappa shape index (κ1) is 21.6. The smallest absolute Gasteiger partial charge is 0.406 e. The van der Waals surface area contributed by atoms with E-state index in [2.05, 4.69) is 43.7 Å². The van der Waals surface area contributed by atoms with E-state index in [0.29, 0.717) is 25.7 Å². The third-order valence-corrected chi connectivity index (χ3v) is 6.21. The molecule has 1 saturated heterocycles. The third kappa shape index (κ3) is 4.84. The minimum atomic E-state index is -0.423. The van der Waals surface area contributed by atoms with Crippen LogP contribution in [0.1, 0.15) is 57.1 Å². The topological polar surface area (TPSA) is 85.7 Å². The van der Waals surface area contributed by atoms with Crippen molar-refractivity contribution in [3.63, 3.8) is 0 Å². The van der Waals surface area contributed by atoms with Gasteiger partial charge in [-0.2, -0.15) is 0 Å². The number of fused-ring (bicyclic) bond motifs is 1. The zero-order valence-corrected chi connectivity index (χ0v) is 18.4. The van der Waals surface area contributed by atoms with Crippen molar-refractivity contribution in [2.75, 3.05) is 20.3 Å². The molecule has 1 unspecified atom stereocenters. The summed E-state index contributed by atoms with van der Waals surface area (Å²) < 4.78 is 12.6. The largest absolute Gasteiger partial charge is 0.453 e. The standard InChI is InChI=1S/C23H32N4O4/c1-16(27(17-9-10-17)22(28)20-8-3-4-14-31-20)19-15-26(13-6-12-25-23(29)30-2)21-18(19)7-5-11-24-21/h5,7,11,15-17,20H,3-4,6,8-10,12-14H2,1-2H3,(H,25,29)/t16?,20-/m1/s1. The molecule has 0 bridgehead atoms. The number of hydrogen-bond acceptors (Lipinski definition) is 5. The molecule has 2 aromatic heterocycles. The van der Waals surface area contributed by atoms with Crippen LogP contribution in [0.2, 0.25) is 0 Å². The zero-order valence-electron chi connectivity index (χ0n) is 18.4. The number of carbonyl (C=O) groups excluding carboxylic acids is 2. The molecular formula is C23H32N4O4. The Morgan fingerprint density at radius 2 is 2.19 bits per heavy atom. The molecule has 1 aliphatic heterocycles. The Morgan fingerprint density at radius 3 is 2.90 bits per heavy atom. The molecule has 31 heavy (non-hydrogen) atoms. The molecule has 8 nitrogen and oxygen atoms in total. The number of aromatic nitrogens is 2. The molecule has 0 radical (unpaired) electrons. The number of nitrogens with zero attached hydrogens (tertiary/aromatic N) is 3. The van der Waals surface area contributed by atoms with Crippen LogP contribution in [0, 0.1) is 0 Å². The van der Waals surface area contributed by atoms with E-state index in [-0.39, 0.29) is 18.1 Å². The number of nitrogens with one attached hydrogen (secondary N) is 1. The highest BCUT2D eigenvalue weighted by Crippen LogP contribution is 2.38. The molecule has 2 amide bonds. The molecule has 0 aromatic carbocycles. The fraction of sp³-hybridized carbons (Fsp3) is 0.609. The van der Waals surface area contributed by atoms with Crippen molar-refractivity contribution < 1.29 is 19.1 Å². The summed E-state index contributed by atoms with van der Waals surface area (Å²) in [4.78, 5) is 31.3. The lowest BCUT2D eigenvalue weighted by Gasteiger charge is -2.34. The Bertz CT molecular complexity index is 917. The Labute approximate surface area is 182 Å². The summed E-state index contributed by atoms with van der Waals surface area (Å²) in [7, 11) is 1.36. The molecule has 2 aromatic rings. The van der Waals surface area contributed by atoms with Gasteiger partial charge in [0.05, 0.1) is 13.2 Å². The molecule has 168 valence electrons. The van der Waals surface area contributed by atoms with Crippen LogP contribution in [0.3, 0.4) is 0 Å². The quantitative estimate of drug-likeness (QED) is 0.652. The van der Waals surface area contributed by atoms with Gasteiger partial charge in [-0.25, -0.2) is 9.78 Å². The second-order valence-electron chi connectivity index (χ2n) is 8.43. The van der Waals surface area contributed by atoms with Crippen molar-refractivity contribution in [1.29, 1.82) is 0 Å². The number of methoxy groups -OCH3 is 1. The van der Waals surface area contributed by atoms with Gasteiger partial charge >= 0.3 is 6.09 Å². The average Bonchev–Trinajstić information content (AvgIpc) is 3.57. The number of ether oxygens (including phenoxy) is 2. The van der Waals surface area contributed by atoms with Gasteiger partial charge in [0, 0.05) is 49.1 Å². The molecule has 3 heterocycles. The minimum absolute atomic E-state index is 0.0494. The van der Waals surface area contributed by atoms with Gasteiger partial charge in [0.15, 0.2) is 0 Å². The summed E-state index contributed by atoms with van der Waals surface area (Å²) in [5.41, 5.74) is 2.01. The maximum absolute atomic E-state index is 13.4. The van der Waals surface area contributed by atoms with Crippen molar-refractivity contribution in [3.05, 3.63) is 30.1 Å². The van der Waals surface area contributed by atoms with E-state index in [1.54, 1.807) is 6.20 Å². The molecule has 1 aliphatic carbocycles. The van der Waals surface area contributed by atoms with Crippen molar-refractivity contribution in [2.24, 2.45) is 0 Å². The second kappa shape index (κ2) is 9.68. The van der Waals surface area contributed by atoms with E-state index in [1.807, 2.05) is 6.07 Å². The van der Waals surface area contributed by atoms with E-state index < -0.39 is 6.09 Å². The lowest BCUT2D eigenvalue weighted by atomic mass is 10.0. The van der Waals surface area contributed by atoms with Crippen LogP contribution in [-0.4, -0.2) is 58.9 Å². The first-order valence-corrected chi connectivity index (χ1v) is 11.3. The number of hydrogen-bond donors (Lipinski definition) is 1. The number of aryl methyl sites for hydroxylation is 1. The van der Waals surface area contributed by atoms with Crippen molar-refractivity contribution in [3.8, 4) is 0 Å². The first-order valence-electron chi connectivity index (χ1n) is 11.3. The molecule has 1 N–H and O–H groups in total. The van der Waals surface area contributed by atoms with Crippen molar-refractivity contribution in [1.82, 2.24) is 19.8 Å². The number of carbonyl (C=O) groups is 2. The maximum atomic E-state index is 13.4. The molecule has 2 aliphatic rings. The summed E-state index contributed by atoms with van der Waals surface area (Å²) >= 11 is 0. The van der Waals surface area contributed by atoms with Gasteiger partial charge in [-0.05, 0) is 57.6 Å². The lowest BCUT2D eigenvalue weighted by Crippen LogP contribution is -2.44. The number of pyridine rings is 1. The van der Waals surface area contributed by atoms with Crippen molar-refractivity contribution >= 4 is 23.0 Å². The van der Waals surface area contributed by atoms with Gasteiger partial charge in [0.1, 0.15) is 11.8 Å². The lowest BCUT2D eigenvalue weighted by molar-refractivity contribution is -0.149. The second-order valence-corrected chi connectivity index (χ2v) is 8.43. The molecule has 0 spiro atoms. The fourth-order valence-corrected chi connectivity index (χ4v) is 4.46. The normalized spacial score (nSPS) is 19.7. The van der Waals surface area contributed by atoms with Crippen LogP contribution in [0.4, 0.5) is 4.79 Å². The summed E-state index contributed by atoms with van der Waals surface area (Å²) in [5.74, 6) is 0.127. The Hall–Kier alpha value is -2.61. The summed E-state index contributed by atoms with van der Waals surface area (Å²) in [6, 6.07) is 4.26. The highest BCUT2D eigenvalue weighted by molar-refractivity contribution is 5.85. The fourth-order valence-electron chi connectivity index (χ4n) is 4.46. The summed E-state index contributed by atoms with van der Waals surface area (Å²) in [6.07, 6.45) is 8.93. The zero-order chi connectivity index (χ0) is 21.8. The molecule has 4 rings (SSSR count). The Morgan fingerprint density at radius 1 is 1.35 bits per heavy atom. The van der Waals surface area contributed by atoms with Gasteiger partial charge < -0.3 is 24.3 Å². The maximum Gasteiger partial charge on any atom is 0.406 e. The van der Waals surface area contributed by atoms with Crippen LogP contribution >= 0.6 is 0 Å². The predicted octanol–water partition coefficient (Wildman–Crippen LogP) is 3.40. The van der Waals surface area contributed by atoms with Gasteiger partial charge in [-0.1, -0.05) is 0 Å². The SMILES string of the molecule is COC(=O)NCCCn1cc(C(C)N(C(=O)[C@H]2CCCCO2)C2CC2)c2cccnc21. The predicted molar refractivity (Wildman–Crippen MR) is 117 cm³/mol. The van der Waals surface area contributed by atoms with E-state index in [9.17, 15) is 9.59 Å². The highest BCUT2D eigenvalue weighted by atomic mass is 16.5. The highest BCUT2D eigenvalue weighted by Gasteiger charge is 2.40. The van der Waals surface area contributed by atoms with Gasteiger partial charge in [0.25, 0.3) is 5.91 Å². The summed E-state index contributed by atoms with van der Waals surface area (Å²) in [6.45, 7) is 4.03. The minimum Gasteiger partial charge on any atom is -0.453 e. The van der Waals surface area contributed by atoms with Gasteiger partial charge in [-0.3, -0.25) is 4.79 Å².